The highest BCUT2D eigenvalue weighted by Gasteiger charge is 2.18. The average Bonchev–Trinajstić information content (AvgIpc) is 3.10. The van der Waals surface area contributed by atoms with Gasteiger partial charge in [0.2, 0.25) is 5.91 Å². The second kappa shape index (κ2) is 5.54. The number of hydrogen-bond donors (Lipinski definition) is 1. The van der Waals surface area contributed by atoms with Crippen molar-refractivity contribution in [1.82, 2.24) is 15.2 Å². The fourth-order valence-corrected chi connectivity index (χ4v) is 2.87. The topological polar surface area (TPSA) is 58.4 Å². The van der Waals surface area contributed by atoms with Gasteiger partial charge in [0.25, 0.3) is 0 Å². The summed E-state index contributed by atoms with van der Waals surface area (Å²) in [5.41, 5.74) is 0.819. The second-order valence-electron chi connectivity index (χ2n) is 4.43. The van der Waals surface area contributed by atoms with Crippen molar-refractivity contribution in [3.05, 3.63) is 29.5 Å². The molecule has 0 radical (unpaired) electrons. The molecule has 1 aliphatic rings. The molecule has 2 aromatic heterocycles. The minimum atomic E-state index is 0.151. The second-order valence-corrected chi connectivity index (χ2v) is 5.29. The molecule has 5 nitrogen and oxygen atoms in total. The lowest BCUT2D eigenvalue weighted by Crippen LogP contribution is -2.46. The Morgan fingerprint density at radius 1 is 1.47 bits per heavy atom. The number of nitrogens with one attached hydrogen (secondary N) is 1. The van der Waals surface area contributed by atoms with Gasteiger partial charge in [-0.3, -0.25) is 4.79 Å². The Kier molecular flexibility index (Phi) is 3.61. The Morgan fingerprint density at radius 3 is 3.05 bits per heavy atom. The highest BCUT2D eigenvalue weighted by molar-refractivity contribution is 7.13. The van der Waals surface area contributed by atoms with Crippen molar-refractivity contribution < 1.29 is 9.21 Å². The lowest BCUT2D eigenvalue weighted by Gasteiger charge is -2.27. The first-order valence-electron chi connectivity index (χ1n) is 6.30. The fourth-order valence-electron chi connectivity index (χ4n) is 2.08. The summed E-state index contributed by atoms with van der Waals surface area (Å²) in [6, 6.07) is 3.71. The zero-order valence-electron chi connectivity index (χ0n) is 10.5. The van der Waals surface area contributed by atoms with Crippen molar-refractivity contribution in [2.75, 3.05) is 26.2 Å². The first-order valence-corrected chi connectivity index (χ1v) is 7.17. The molecule has 0 spiro atoms. The van der Waals surface area contributed by atoms with Crippen molar-refractivity contribution in [2.45, 2.75) is 6.42 Å². The summed E-state index contributed by atoms with van der Waals surface area (Å²) in [7, 11) is 0. The van der Waals surface area contributed by atoms with Gasteiger partial charge in [-0.25, -0.2) is 4.98 Å². The Balaban J connectivity index is 1.65. The number of furan rings is 1. The van der Waals surface area contributed by atoms with E-state index in [0.29, 0.717) is 6.42 Å². The summed E-state index contributed by atoms with van der Waals surface area (Å²) in [6.07, 6.45) is 2.00. The van der Waals surface area contributed by atoms with Crippen LogP contribution >= 0.6 is 11.3 Å². The molecule has 1 amide bonds. The van der Waals surface area contributed by atoms with Crippen molar-refractivity contribution in [3.63, 3.8) is 0 Å². The first kappa shape index (κ1) is 12.4. The summed E-state index contributed by atoms with van der Waals surface area (Å²) in [5, 5.41) is 5.99. The maximum atomic E-state index is 12.1. The smallest absolute Gasteiger partial charge is 0.228 e. The molecule has 19 heavy (non-hydrogen) atoms. The van der Waals surface area contributed by atoms with E-state index >= 15 is 0 Å². The predicted octanol–water partition coefficient (Wildman–Crippen LogP) is 1.38. The molecule has 0 aromatic carbocycles. The number of carbonyl (C=O) groups is 1. The molecule has 1 saturated heterocycles. The number of rotatable bonds is 3. The van der Waals surface area contributed by atoms with Crippen LogP contribution in [0.2, 0.25) is 0 Å². The number of amides is 1. The summed E-state index contributed by atoms with van der Waals surface area (Å²) in [6.45, 7) is 3.32. The molecule has 3 heterocycles. The maximum Gasteiger partial charge on any atom is 0.228 e. The van der Waals surface area contributed by atoms with Crippen LogP contribution < -0.4 is 5.32 Å². The van der Waals surface area contributed by atoms with E-state index in [1.54, 1.807) is 6.26 Å². The molecule has 0 aliphatic carbocycles. The number of hydrogen-bond acceptors (Lipinski definition) is 5. The number of thiazole rings is 1. The molecular formula is C13H15N3O2S. The van der Waals surface area contributed by atoms with E-state index in [1.807, 2.05) is 22.4 Å². The van der Waals surface area contributed by atoms with E-state index in [9.17, 15) is 4.79 Å². The van der Waals surface area contributed by atoms with Crippen molar-refractivity contribution in [2.24, 2.45) is 0 Å². The Bertz CT molecular complexity index is 544. The van der Waals surface area contributed by atoms with Gasteiger partial charge < -0.3 is 14.6 Å². The SMILES string of the molecule is O=C(Cc1csc(-c2ccco2)n1)N1CCNCC1. The zero-order valence-corrected chi connectivity index (χ0v) is 11.3. The number of nitrogens with zero attached hydrogens (tertiary/aromatic N) is 2. The molecule has 1 fully saturated rings. The monoisotopic (exact) mass is 277 g/mol. The van der Waals surface area contributed by atoms with Gasteiger partial charge in [-0.05, 0) is 12.1 Å². The van der Waals surface area contributed by atoms with E-state index in [1.165, 1.54) is 11.3 Å². The summed E-state index contributed by atoms with van der Waals surface area (Å²) < 4.78 is 5.30. The van der Waals surface area contributed by atoms with Crippen molar-refractivity contribution in [3.8, 4) is 10.8 Å². The lowest BCUT2D eigenvalue weighted by molar-refractivity contribution is -0.131. The minimum absolute atomic E-state index is 0.151. The largest absolute Gasteiger partial charge is 0.462 e. The van der Waals surface area contributed by atoms with E-state index in [-0.39, 0.29) is 5.91 Å². The molecule has 100 valence electrons. The molecule has 0 bridgehead atoms. The lowest BCUT2D eigenvalue weighted by atomic mass is 10.2. The molecular weight excluding hydrogens is 262 g/mol. The minimum Gasteiger partial charge on any atom is -0.462 e. The average molecular weight is 277 g/mol. The Hall–Kier alpha value is -1.66. The maximum absolute atomic E-state index is 12.1. The van der Waals surface area contributed by atoms with Crippen LogP contribution in [0, 0.1) is 0 Å². The summed E-state index contributed by atoms with van der Waals surface area (Å²) in [4.78, 5) is 18.4. The van der Waals surface area contributed by atoms with Crippen LogP contribution in [0.25, 0.3) is 10.8 Å². The van der Waals surface area contributed by atoms with Crippen molar-refractivity contribution in [1.29, 1.82) is 0 Å². The van der Waals surface area contributed by atoms with Gasteiger partial charge in [-0.2, -0.15) is 0 Å². The van der Waals surface area contributed by atoms with Crippen LogP contribution in [0.4, 0.5) is 0 Å². The van der Waals surface area contributed by atoms with Crippen LogP contribution in [0.1, 0.15) is 5.69 Å². The Morgan fingerprint density at radius 2 is 2.32 bits per heavy atom. The van der Waals surface area contributed by atoms with E-state index in [2.05, 4.69) is 10.3 Å². The third-order valence-electron chi connectivity index (χ3n) is 3.09. The van der Waals surface area contributed by atoms with Gasteiger partial charge in [-0.1, -0.05) is 0 Å². The van der Waals surface area contributed by atoms with Gasteiger partial charge in [-0.15, -0.1) is 11.3 Å². The predicted molar refractivity (Wildman–Crippen MR) is 73.0 cm³/mol. The van der Waals surface area contributed by atoms with Gasteiger partial charge in [0, 0.05) is 31.6 Å². The van der Waals surface area contributed by atoms with Crippen LogP contribution in [0.3, 0.4) is 0 Å². The number of aromatic nitrogens is 1. The molecule has 0 saturated carbocycles. The summed E-state index contributed by atoms with van der Waals surface area (Å²) >= 11 is 1.51. The molecule has 6 heteroatoms. The highest BCUT2D eigenvalue weighted by atomic mass is 32.1. The fraction of sp³-hybridized carbons (Fsp3) is 0.385. The van der Waals surface area contributed by atoms with E-state index in [4.69, 9.17) is 4.42 Å². The van der Waals surface area contributed by atoms with Gasteiger partial charge >= 0.3 is 0 Å². The first-order chi connectivity index (χ1) is 9.33. The van der Waals surface area contributed by atoms with Gasteiger partial charge in [0.15, 0.2) is 10.8 Å². The number of piperazine rings is 1. The normalized spacial score (nSPS) is 15.7. The van der Waals surface area contributed by atoms with E-state index < -0.39 is 0 Å². The van der Waals surface area contributed by atoms with Crippen molar-refractivity contribution >= 4 is 17.2 Å². The third kappa shape index (κ3) is 2.85. The van der Waals surface area contributed by atoms with Gasteiger partial charge in [0.05, 0.1) is 18.4 Å². The molecule has 2 aromatic rings. The zero-order chi connectivity index (χ0) is 13.1. The van der Waals surface area contributed by atoms with Crippen LogP contribution in [-0.4, -0.2) is 42.0 Å². The van der Waals surface area contributed by atoms with Crippen LogP contribution in [-0.2, 0) is 11.2 Å². The highest BCUT2D eigenvalue weighted by Crippen LogP contribution is 2.24. The molecule has 0 unspecified atom stereocenters. The third-order valence-corrected chi connectivity index (χ3v) is 3.99. The quantitative estimate of drug-likeness (QED) is 0.921. The van der Waals surface area contributed by atoms with E-state index in [0.717, 1.165) is 42.6 Å². The number of carbonyl (C=O) groups excluding carboxylic acids is 1. The molecule has 0 atom stereocenters. The molecule has 3 rings (SSSR count). The van der Waals surface area contributed by atoms with Crippen LogP contribution in [0.5, 0.6) is 0 Å². The molecule has 1 N–H and O–H groups in total. The summed E-state index contributed by atoms with van der Waals surface area (Å²) in [5.74, 6) is 0.906. The molecule has 1 aliphatic heterocycles. The standard InChI is InChI=1S/C13H15N3O2S/c17-12(16-5-3-14-4-6-16)8-10-9-19-13(15-10)11-2-1-7-18-11/h1-2,7,9,14H,3-6,8H2. The van der Waals surface area contributed by atoms with Crippen LogP contribution in [0.15, 0.2) is 28.2 Å². The Labute approximate surface area is 115 Å². The van der Waals surface area contributed by atoms with Gasteiger partial charge in [0.1, 0.15) is 0 Å².